The van der Waals surface area contributed by atoms with E-state index in [9.17, 15) is 19.4 Å². The fraction of sp³-hybridized carbons (Fsp3) is 0.887. The first-order valence-electron chi connectivity index (χ1n) is 30.9. The fourth-order valence-corrected chi connectivity index (χ4v) is 9.97. The summed E-state index contributed by atoms with van der Waals surface area (Å²) < 4.78 is 23.4. The minimum absolute atomic E-state index is 0.00727. The van der Waals surface area contributed by atoms with Crippen molar-refractivity contribution in [2.45, 2.75) is 315 Å². The van der Waals surface area contributed by atoms with Crippen LogP contribution in [0.15, 0.2) is 36.5 Å². The third kappa shape index (κ3) is 56.3. The van der Waals surface area contributed by atoms with Gasteiger partial charge in [-0.1, -0.05) is 288 Å². The fourth-order valence-electron chi connectivity index (χ4n) is 9.25. The van der Waals surface area contributed by atoms with Gasteiger partial charge in [-0.15, -0.1) is 0 Å². The first-order chi connectivity index (χ1) is 34.5. The number of amides is 1. The van der Waals surface area contributed by atoms with Crippen LogP contribution in [-0.2, 0) is 18.4 Å². The van der Waals surface area contributed by atoms with Crippen LogP contribution in [0.3, 0.4) is 0 Å². The van der Waals surface area contributed by atoms with Crippen LogP contribution >= 0.6 is 7.82 Å². The molecule has 1 amide bonds. The molecule has 3 atom stereocenters. The molecular formula is C62H121N2O6P. The summed E-state index contributed by atoms with van der Waals surface area (Å²) >= 11 is 0. The van der Waals surface area contributed by atoms with Gasteiger partial charge in [-0.05, 0) is 44.9 Å². The molecule has 0 spiro atoms. The number of hydrogen-bond donors (Lipinski definition) is 2. The van der Waals surface area contributed by atoms with Crippen molar-refractivity contribution in [1.82, 2.24) is 5.32 Å². The molecular weight excluding hydrogens is 900 g/mol. The first-order valence-corrected chi connectivity index (χ1v) is 32.3. The van der Waals surface area contributed by atoms with E-state index in [4.69, 9.17) is 9.05 Å². The number of quaternary nitrogens is 1. The van der Waals surface area contributed by atoms with Crippen molar-refractivity contribution < 1.29 is 32.9 Å². The summed E-state index contributed by atoms with van der Waals surface area (Å²) in [5.74, 6) is -0.206. The Morgan fingerprint density at radius 3 is 1.14 bits per heavy atom. The van der Waals surface area contributed by atoms with Crippen LogP contribution in [0.1, 0.15) is 303 Å². The summed E-state index contributed by atoms with van der Waals surface area (Å²) in [5.41, 5.74) is 0. The Morgan fingerprint density at radius 2 is 0.789 bits per heavy atom. The molecule has 3 unspecified atom stereocenters. The zero-order valence-corrected chi connectivity index (χ0v) is 48.8. The highest BCUT2D eigenvalue weighted by Crippen LogP contribution is 2.38. The number of phosphoric acid groups is 1. The molecule has 0 radical (unpaired) electrons. The lowest BCUT2D eigenvalue weighted by Gasteiger charge is -2.29. The third-order valence-electron chi connectivity index (χ3n) is 14.1. The number of hydrogen-bond acceptors (Lipinski definition) is 6. The topological polar surface area (TPSA) is 108 Å². The van der Waals surface area contributed by atoms with E-state index in [1.807, 2.05) is 27.2 Å². The van der Waals surface area contributed by atoms with Gasteiger partial charge in [-0.2, -0.15) is 0 Å². The molecule has 71 heavy (non-hydrogen) atoms. The van der Waals surface area contributed by atoms with E-state index in [1.165, 1.54) is 238 Å². The van der Waals surface area contributed by atoms with E-state index in [1.54, 1.807) is 6.08 Å². The van der Waals surface area contributed by atoms with Crippen molar-refractivity contribution in [2.24, 2.45) is 0 Å². The minimum Gasteiger partial charge on any atom is -0.756 e. The van der Waals surface area contributed by atoms with Gasteiger partial charge < -0.3 is 28.8 Å². The standard InChI is InChI=1S/C62H121N2O6P/c1-6-8-10-12-14-16-18-20-22-24-26-28-29-30-31-32-33-34-36-37-39-41-43-45-47-49-51-53-55-61(65)60(59-70-71(67,68)69-58-57-64(3,4)5)63-62(66)56-54-52-50-48-46-44-42-40-38-35-27-25-23-21-19-17-15-13-11-9-7-2/h37,39,45,47,53,55,60-61,65H,6-36,38,40-44,46,48-52,54,56-59H2,1-5H3,(H-,63,66,67,68)/b39-37+,47-45+,55-53+. The van der Waals surface area contributed by atoms with Crippen LogP contribution in [0, 0.1) is 0 Å². The SMILES string of the molecule is CCCCCCCCCCCCCCCCCCCC/C=C/CC/C=C/CC/C=C/C(O)C(COP(=O)([O-])OCC[N+](C)(C)C)NC(=O)CCCCCCCCCCCCCCCCCCCCCCC. The summed E-state index contributed by atoms with van der Waals surface area (Å²) in [6, 6.07) is -0.908. The number of carbonyl (C=O) groups is 1. The average molecular weight is 1020 g/mol. The number of nitrogens with one attached hydrogen (secondary N) is 1. The van der Waals surface area contributed by atoms with Crippen molar-refractivity contribution in [1.29, 1.82) is 0 Å². The molecule has 0 aromatic rings. The Labute approximate surface area is 442 Å². The molecule has 0 aliphatic heterocycles. The third-order valence-corrected chi connectivity index (χ3v) is 15.0. The second kappa shape index (κ2) is 53.5. The van der Waals surface area contributed by atoms with Gasteiger partial charge >= 0.3 is 0 Å². The van der Waals surface area contributed by atoms with Gasteiger partial charge in [0, 0.05) is 6.42 Å². The van der Waals surface area contributed by atoms with Crippen molar-refractivity contribution in [3.8, 4) is 0 Å². The number of aliphatic hydroxyl groups excluding tert-OH is 1. The molecule has 0 heterocycles. The van der Waals surface area contributed by atoms with Crippen molar-refractivity contribution >= 4 is 13.7 Å². The number of allylic oxidation sites excluding steroid dienone is 5. The van der Waals surface area contributed by atoms with E-state index in [0.717, 1.165) is 44.9 Å². The average Bonchev–Trinajstić information content (AvgIpc) is 3.33. The maximum atomic E-state index is 13.0. The molecule has 0 aromatic carbocycles. The molecule has 0 fully saturated rings. The molecule has 0 bridgehead atoms. The number of likely N-dealkylation sites (N-methyl/N-ethyl adjacent to an activating group) is 1. The van der Waals surface area contributed by atoms with Gasteiger partial charge in [0.05, 0.1) is 39.9 Å². The Hall–Kier alpha value is -1.28. The zero-order valence-electron chi connectivity index (χ0n) is 47.9. The van der Waals surface area contributed by atoms with Crippen LogP contribution in [-0.4, -0.2) is 68.5 Å². The van der Waals surface area contributed by atoms with E-state index in [-0.39, 0.29) is 12.5 Å². The van der Waals surface area contributed by atoms with E-state index in [0.29, 0.717) is 17.4 Å². The normalized spacial score (nSPS) is 14.1. The predicted octanol–water partition coefficient (Wildman–Crippen LogP) is 18.3. The van der Waals surface area contributed by atoms with Crippen molar-refractivity contribution in [3.63, 3.8) is 0 Å². The van der Waals surface area contributed by atoms with Gasteiger partial charge in [0.2, 0.25) is 5.91 Å². The number of aliphatic hydroxyl groups is 1. The zero-order chi connectivity index (χ0) is 52.0. The summed E-state index contributed by atoms with van der Waals surface area (Å²) in [4.78, 5) is 25.5. The predicted molar refractivity (Wildman–Crippen MR) is 307 cm³/mol. The Balaban J connectivity index is 4.21. The van der Waals surface area contributed by atoms with Gasteiger partial charge in [-0.25, -0.2) is 0 Å². The Kier molecular flexibility index (Phi) is 52.6. The summed E-state index contributed by atoms with van der Waals surface area (Å²) in [7, 11) is 1.25. The molecule has 0 aliphatic carbocycles. The summed E-state index contributed by atoms with van der Waals surface area (Å²) in [6.07, 6.45) is 69.6. The van der Waals surface area contributed by atoms with Crippen molar-refractivity contribution in [2.75, 3.05) is 40.9 Å². The lowest BCUT2D eigenvalue weighted by molar-refractivity contribution is -0.870. The highest BCUT2D eigenvalue weighted by molar-refractivity contribution is 7.45. The van der Waals surface area contributed by atoms with E-state index >= 15 is 0 Å². The summed E-state index contributed by atoms with van der Waals surface area (Å²) in [5, 5.41) is 13.9. The minimum atomic E-state index is -4.61. The van der Waals surface area contributed by atoms with Crippen LogP contribution in [0.5, 0.6) is 0 Å². The summed E-state index contributed by atoms with van der Waals surface area (Å²) in [6.45, 7) is 4.67. The Morgan fingerprint density at radius 1 is 0.479 bits per heavy atom. The molecule has 0 aromatic heterocycles. The van der Waals surface area contributed by atoms with Gasteiger partial charge in [0.15, 0.2) is 0 Å². The van der Waals surface area contributed by atoms with Crippen LogP contribution in [0.4, 0.5) is 0 Å². The Bertz CT molecular complexity index is 1250. The van der Waals surface area contributed by atoms with Gasteiger partial charge in [0.25, 0.3) is 7.82 Å². The van der Waals surface area contributed by atoms with Crippen LogP contribution in [0.2, 0.25) is 0 Å². The molecule has 0 rings (SSSR count). The highest BCUT2D eigenvalue weighted by Gasteiger charge is 2.23. The number of carbonyl (C=O) groups excluding carboxylic acids is 1. The monoisotopic (exact) mass is 1020 g/mol. The number of unbranched alkanes of at least 4 members (excludes halogenated alkanes) is 40. The molecule has 0 aliphatic rings. The van der Waals surface area contributed by atoms with Crippen LogP contribution < -0.4 is 10.2 Å². The van der Waals surface area contributed by atoms with Crippen LogP contribution in [0.25, 0.3) is 0 Å². The van der Waals surface area contributed by atoms with E-state index < -0.39 is 26.6 Å². The lowest BCUT2D eigenvalue weighted by atomic mass is 10.0. The molecule has 420 valence electrons. The number of rotatable bonds is 57. The molecule has 9 heteroatoms. The maximum Gasteiger partial charge on any atom is 0.268 e. The number of nitrogens with zero attached hydrogens (tertiary/aromatic N) is 1. The molecule has 2 N–H and O–H groups in total. The van der Waals surface area contributed by atoms with Gasteiger partial charge in [-0.3, -0.25) is 9.36 Å². The molecule has 8 nitrogen and oxygen atoms in total. The first kappa shape index (κ1) is 69.7. The van der Waals surface area contributed by atoms with E-state index in [2.05, 4.69) is 43.5 Å². The molecule has 0 saturated carbocycles. The number of phosphoric ester groups is 1. The quantitative estimate of drug-likeness (QED) is 0.0272. The second-order valence-electron chi connectivity index (χ2n) is 22.4. The second-order valence-corrected chi connectivity index (χ2v) is 23.8. The van der Waals surface area contributed by atoms with Gasteiger partial charge in [0.1, 0.15) is 13.2 Å². The largest absolute Gasteiger partial charge is 0.756 e. The smallest absolute Gasteiger partial charge is 0.268 e. The molecule has 0 saturated heterocycles. The maximum absolute atomic E-state index is 13.0. The van der Waals surface area contributed by atoms with Crippen molar-refractivity contribution in [3.05, 3.63) is 36.5 Å². The highest BCUT2D eigenvalue weighted by atomic mass is 31.2. The lowest BCUT2D eigenvalue weighted by Crippen LogP contribution is -2.45.